The predicted molar refractivity (Wildman–Crippen MR) is 55.1 cm³/mol. The first-order valence-electron chi connectivity index (χ1n) is 4.68. The predicted octanol–water partition coefficient (Wildman–Crippen LogP) is 0.967. The average molecular weight is 196 g/mol. The van der Waals surface area contributed by atoms with E-state index in [1.54, 1.807) is 0 Å². The Hall–Kier alpha value is -1.52. The van der Waals surface area contributed by atoms with Crippen LogP contribution in [0, 0.1) is 5.92 Å². The van der Waals surface area contributed by atoms with E-state index in [0.717, 1.165) is 13.0 Å². The quantitative estimate of drug-likeness (QED) is 0.656. The van der Waals surface area contributed by atoms with E-state index >= 15 is 0 Å². The Morgan fingerprint density at radius 1 is 1.71 bits per heavy atom. The fraction of sp³-hybridized carbons (Fsp3) is 0.556. The molecule has 0 aliphatic heterocycles. The minimum atomic E-state index is -0.491. The van der Waals surface area contributed by atoms with E-state index in [-0.39, 0.29) is 0 Å². The Morgan fingerprint density at radius 3 is 3.00 bits per heavy atom. The van der Waals surface area contributed by atoms with Crippen molar-refractivity contribution >= 4 is 11.7 Å². The molecule has 1 aromatic heterocycles. The molecule has 0 aliphatic carbocycles. The van der Waals surface area contributed by atoms with Gasteiger partial charge in [-0.15, -0.1) is 0 Å². The SMILES string of the molecule is CC(C)CCNc1nc[nH]c1C(N)=O. The van der Waals surface area contributed by atoms with E-state index in [0.29, 0.717) is 17.4 Å². The minimum Gasteiger partial charge on any atom is -0.368 e. The number of nitrogens with one attached hydrogen (secondary N) is 2. The van der Waals surface area contributed by atoms with Gasteiger partial charge >= 0.3 is 0 Å². The zero-order valence-corrected chi connectivity index (χ0v) is 8.50. The highest BCUT2D eigenvalue weighted by molar-refractivity contribution is 5.95. The monoisotopic (exact) mass is 196 g/mol. The zero-order valence-electron chi connectivity index (χ0n) is 8.50. The van der Waals surface area contributed by atoms with Gasteiger partial charge in [-0.25, -0.2) is 4.98 Å². The van der Waals surface area contributed by atoms with Crippen LogP contribution in [0.1, 0.15) is 30.8 Å². The smallest absolute Gasteiger partial charge is 0.269 e. The van der Waals surface area contributed by atoms with Crippen LogP contribution < -0.4 is 11.1 Å². The molecule has 0 radical (unpaired) electrons. The molecule has 0 fully saturated rings. The number of nitrogens with two attached hydrogens (primary N) is 1. The first-order valence-corrected chi connectivity index (χ1v) is 4.68. The Morgan fingerprint density at radius 2 is 2.43 bits per heavy atom. The van der Waals surface area contributed by atoms with Gasteiger partial charge < -0.3 is 16.0 Å². The lowest BCUT2D eigenvalue weighted by atomic mass is 10.1. The van der Waals surface area contributed by atoms with E-state index in [1.807, 2.05) is 0 Å². The first kappa shape index (κ1) is 10.6. The normalized spacial score (nSPS) is 10.5. The molecule has 0 bridgehead atoms. The second-order valence-corrected chi connectivity index (χ2v) is 3.60. The van der Waals surface area contributed by atoms with Crippen LogP contribution in [0.5, 0.6) is 0 Å². The number of carbonyl (C=O) groups excluding carboxylic acids is 1. The summed E-state index contributed by atoms with van der Waals surface area (Å²) in [4.78, 5) is 17.6. The maximum atomic E-state index is 10.9. The average Bonchev–Trinajstić information content (AvgIpc) is 2.51. The van der Waals surface area contributed by atoms with Crippen LogP contribution in [0.15, 0.2) is 6.33 Å². The third-order valence-electron chi connectivity index (χ3n) is 1.90. The van der Waals surface area contributed by atoms with Crippen LogP contribution >= 0.6 is 0 Å². The number of aromatic nitrogens is 2. The van der Waals surface area contributed by atoms with E-state index in [1.165, 1.54) is 6.33 Å². The molecule has 14 heavy (non-hydrogen) atoms. The first-order chi connectivity index (χ1) is 6.61. The lowest BCUT2D eigenvalue weighted by Gasteiger charge is -2.06. The summed E-state index contributed by atoms with van der Waals surface area (Å²) >= 11 is 0. The summed E-state index contributed by atoms with van der Waals surface area (Å²) < 4.78 is 0. The van der Waals surface area contributed by atoms with Gasteiger partial charge in [0.1, 0.15) is 5.69 Å². The molecule has 4 N–H and O–H groups in total. The summed E-state index contributed by atoms with van der Waals surface area (Å²) in [7, 11) is 0. The summed E-state index contributed by atoms with van der Waals surface area (Å²) in [6, 6.07) is 0. The Balaban J connectivity index is 2.50. The van der Waals surface area contributed by atoms with Gasteiger partial charge in [0.2, 0.25) is 0 Å². The summed E-state index contributed by atoms with van der Waals surface area (Å²) in [6.07, 6.45) is 2.49. The molecule has 0 spiro atoms. The molecule has 0 saturated carbocycles. The van der Waals surface area contributed by atoms with Crippen LogP contribution in [0.2, 0.25) is 0 Å². The number of hydrogen-bond acceptors (Lipinski definition) is 3. The van der Waals surface area contributed by atoms with Crippen molar-refractivity contribution in [3.8, 4) is 0 Å². The highest BCUT2D eigenvalue weighted by Gasteiger charge is 2.09. The maximum Gasteiger partial charge on any atom is 0.269 e. The van der Waals surface area contributed by atoms with Crippen molar-refractivity contribution in [2.24, 2.45) is 11.7 Å². The molecule has 0 saturated heterocycles. The van der Waals surface area contributed by atoms with Crippen molar-refractivity contribution in [1.82, 2.24) is 9.97 Å². The van der Waals surface area contributed by atoms with E-state index in [4.69, 9.17) is 5.73 Å². The third-order valence-corrected chi connectivity index (χ3v) is 1.90. The number of rotatable bonds is 5. The molecular formula is C9H16N4O. The highest BCUT2D eigenvalue weighted by atomic mass is 16.1. The highest BCUT2D eigenvalue weighted by Crippen LogP contribution is 2.09. The molecule has 0 atom stereocenters. The number of aromatic amines is 1. The van der Waals surface area contributed by atoms with Gasteiger partial charge in [-0.3, -0.25) is 4.79 Å². The number of nitrogens with zero attached hydrogens (tertiary/aromatic N) is 1. The van der Waals surface area contributed by atoms with Gasteiger partial charge in [0.15, 0.2) is 5.82 Å². The molecule has 0 aliphatic rings. The van der Waals surface area contributed by atoms with E-state index in [2.05, 4.69) is 29.1 Å². The standard InChI is InChI=1S/C9H16N4O/c1-6(2)3-4-11-9-7(8(10)14)12-5-13-9/h5-6,11H,3-4H2,1-2H3,(H2,10,14)(H,12,13). The largest absolute Gasteiger partial charge is 0.368 e. The Bertz CT molecular complexity index is 306. The second-order valence-electron chi connectivity index (χ2n) is 3.60. The van der Waals surface area contributed by atoms with Gasteiger partial charge in [-0.1, -0.05) is 13.8 Å². The van der Waals surface area contributed by atoms with Crippen molar-refractivity contribution < 1.29 is 4.79 Å². The molecule has 1 rings (SSSR count). The number of anilines is 1. The second kappa shape index (κ2) is 4.64. The van der Waals surface area contributed by atoms with Gasteiger partial charge in [-0.2, -0.15) is 0 Å². The molecule has 0 unspecified atom stereocenters. The number of primary amides is 1. The van der Waals surface area contributed by atoms with Gasteiger partial charge in [-0.05, 0) is 12.3 Å². The van der Waals surface area contributed by atoms with Crippen molar-refractivity contribution in [3.63, 3.8) is 0 Å². The summed E-state index contributed by atoms with van der Waals surface area (Å²) in [5, 5.41) is 3.06. The van der Waals surface area contributed by atoms with Crippen molar-refractivity contribution in [2.75, 3.05) is 11.9 Å². The zero-order chi connectivity index (χ0) is 10.6. The third kappa shape index (κ3) is 2.76. The fourth-order valence-electron chi connectivity index (χ4n) is 1.10. The molecule has 1 heterocycles. The van der Waals surface area contributed by atoms with Crippen LogP contribution in [0.3, 0.4) is 0 Å². The number of hydrogen-bond donors (Lipinski definition) is 3. The maximum absolute atomic E-state index is 10.9. The molecule has 1 aromatic rings. The Labute approximate surface area is 83.1 Å². The van der Waals surface area contributed by atoms with Crippen LogP contribution in [-0.2, 0) is 0 Å². The Kier molecular flexibility index (Phi) is 3.50. The lowest BCUT2D eigenvalue weighted by Crippen LogP contribution is -2.15. The number of imidazole rings is 1. The van der Waals surface area contributed by atoms with Crippen molar-refractivity contribution in [1.29, 1.82) is 0 Å². The van der Waals surface area contributed by atoms with E-state index < -0.39 is 5.91 Å². The van der Waals surface area contributed by atoms with Gasteiger partial charge in [0, 0.05) is 6.54 Å². The topological polar surface area (TPSA) is 83.8 Å². The number of amides is 1. The molecule has 5 heteroatoms. The fourth-order valence-corrected chi connectivity index (χ4v) is 1.10. The van der Waals surface area contributed by atoms with Crippen LogP contribution in [-0.4, -0.2) is 22.4 Å². The number of carbonyl (C=O) groups is 1. The molecule has 1 amide bonds. The summed E-state index contributed by atoms with van der Waals surface area (Å²) in [5.74, 6) is 0.672. The molecule has 0 aromatic carbocycles. The summed E-state index contributed by atoms with van der Waals surface area (Å²) in [5.41, 5.74) is 5.48. The molecule has 78 valence electrons. The van der Waals surface area contributed by atoms with Crippen molar-refractivity contribution in [2.45, 2.75) is 20.3 Å². The minimum absolute atomic E-state index is 0.341. The van der Waals surface area contributed by atoms with Crippen molar-refractivity contribution in [3.05, 3.63) is 12.0 Å². The summed E-state index contributed by atoms with van der Waals surface area (Å²) in [6.45, 7) is 5.07. The van der Waals surface area contributed by atoms with E-state index in [9.17, 15) is 4.79 Å². The van der Waals surface area contributed by atoms with Crippen LogP contribution in [0.25, 0.3) is 0 Å². The van der Waals surface area contributed by atoms with Crippen LogP contribution in [0.4, 0.5) is 5.82 Å². The van der Waals surface area contributed by atoms with Gasteiger partial charge in [0.05, 0.1) is 6.33 Å². The van der Waals surface area contributed by atoms with Gasteiger partial charge in [0.25, 0.3) is 5.91 Å². The molecular weight excluding hydrogens is 180 g/mol. The lowest BCUT2D eigenvalue weighted by molar-refractivity contribution is 0.0997. The number of H-pyrrole nitrogens is 1. The molecule has 5 nitrogen and oxygen atoms in total.